The van der Waals surface area contributed by atoms with E-state index in [0.29, 0.717) is 23.4 Å². The van der Waals surface area contributed by atoms with Gasteiger partial charge >= 0.3 is 0 Å². The first kappa shape index (κ1) is 17.2. The Hall–Kier alpha value is -2.19. The number of carbonyl (C=O) groups is 1. The minimum Gasteiger partial charge on any atom is -0.356 e. The third-order valence-electron chi connectivity index (χ3n) is 5.34. The van der Waals surface area contributed by atoms with E-state index < -0.39 is 16.1 Å². The molecule has 2 aromatic rings. The van der Waals surface area contributed by atoms with E-state index in [2.05, 4.69) is 5.16 Å². The summed E-state index contributed by atoms with van der Waals surface area (Å²) >= 11 is 0. The quantitative estimate of drug-likeness (QED) is 0.820. The highest BCUT2D eigenvalue weighted by molar-refractivity contribution is 7.89. The number of piperazine rings is 1. The Labute approximate surface area is 152 Å². The Bertz CT molecular complexity index is 939. The average Bonchev–Trinajstić information content (AvgIpc) is 3.29. The van der Waals surface area contributed by atoms with Crippen molar-refractivity contribution < 1.29 is 17.7 Å². The lowest BCUT2D eigenvalue weighted by Crippen LogP contribution is -2.59. The van der Waals surface area contributed by atoms with Gasteiger partial charge in [-0.1, -0.05) is 17.3 Å². The number of aryl methyl sites for hydroxylation is 1. The average molecular weight is 375 g/mol. The lowest BCUT2D eigenvalue weighted by Gasteiger charge is -2.40. The van der Waals surface area contributed by atoms with Gasteiger partial charge in [-0.3, -0.25) is 4.79 Å². The van der Waals surface area contributed by atoms with Gasteiger partial charge in [0.05, 0.1) is 11.1 Å². The van der Waals surface area contributed by atoms with Crippen LogP contribution in [0.3, 0.4) is 0 Å². The lowest BCUT2D eigenvalue weighted by molar-refractivity contribution is -0.139. The van der Waals surface area contributed by atoms with Crippen molar-refractivity contribution in [3.05, 3.63) is 36.0 Å². The molecule has 2 fully saturated rings. The second-order valence-electron chi connectivity index (χ2n) is 6.94. The minimum absolute atomic E-state index is 0.0220. The first-order valence-electron chi connectivity index (χ1n) is 8.73. The monoisotopic (exact) mass is 375 g/mol. The van der Waals surface area contributed by atoms with Crippen molar-refractivity contribution in [3.8, 4) is 11.3 Å². The van der Waals surface area contributed by atoms with Crippen molar-refractivity contribution >= 4 is 15.9 Å². The third kappa shape index (κ3) is 2.64. The van der Waals surface area contributed by atoms with E-state index in [-0.39, 0.29) is 16.8 Å². The molecule has 1 aromatic carbocycles. The van der Waals surface area contributed by atoms with Crippen LogP contribution in [0.5, 0.6) is 0 Å². The molecule has 0 spiro atoms. The van der Waals surface area contributed by atoms with Crippen LogP contribution in [0.1, 0.15) is 25.3 Å². The van der Waals surface area contributed by atoms with Gasteiger partial charge in [-0.05, 0) is 38.3 Å². The van der Waals surface area contributed by atoms with Crippen molar-refractivity contribution in [1.82, 2.24) is 14.4 Å². The molecule has 0 bridgehead atoms. The van der Waals surface area contributed by atoms with Crippen LogP contribution in [0.4, 0.5) is 0 Å². The van der Waals surface area contributed by atoms with E-state index in [9.17, 15) is 13.2 Å². The highest BCUT2D eigenvalue weighted by Gasteiger charge is 2.45. The maximum absolute atomic E-state index is 13.4. The number of aromatic nitrogens is 1. The van der Waals surface area contributed by atoms with Gasteiger partial charge in [0, 0.05) is 30.8 Å². The molecular formula is C18H21N3O4S. The van der Waals surface area contributed by atoms with Crippen molar-refractivity contribution in [2.75, 3.05) is 13.1 Å². The second-order valence-corrected chi connectivity index (χ2v) is 8.79. The summed E-state index contributed by atoms with van der Waals surface area (Å²) in [6.07, 6.45) is 3.29. The molecule has 138 valence electrons. The van der Waals surface area contributed by atoms with Crippen LogP contribution in [-0.2, 0) is 14.8 Å². The van der Waals surface area contributed by atoms with Crippen LogP contribution in [0.25, 0.3) is 11.3 Å². The molecule has 1 amide bonds. The maximum atomic E-state index is 13.4. The minimum atomic E-state index is -3.80. The van der Waals surface area contributed by atoms with Gasteiger partial charge < -0.3 is 9.42 Å². The molecule has 8 heteroatoms. The Morgan fingerprint density at radius 1 is 1.27 bits per heavy atom. The first-order chi connectivity index (χ1) is 12.4. The van der Waals surface area contributed by atoms with E-state index in [0.717, 1.165) is 19.4 Å². The molecular weight excluding hydrogens is 354 g/mol. The molecule has 2 atom stereocenters. The smallest absolute Gasteiger partial charge is 0.244 e. The normalized spacial score (nSPS) is 24.1. The lowest BCUT2D eigenvalue weighted by atomic mass is 10.1. The van der Waals surface area contributed by atoms with Crippen LogP contribution < -0.4 is 0 Å². The van der Waals surface area contributed by atoms with Gasteiger partial charge in [0.25, 0.3) is 0 Å². The molecule has 0 saturated carbocycles. The summed E-state index contributed by atoms with van der Waals surface area (Å²) in [4.78, 5) is 14.7. The summed E-state index contributed by atoms with van der Waals surface area (Å²) in [5.41, 5.74) is 1.28. The highest BCUT2D eigenvalue weighted by atomic mass is 32.2. The number of fused-ring (bicyclic) bond motifs is 1. The number of amides is 1. The fraction of sp³-hybridized carbons (Fsp3) is 0.444. The third-order valence-corrected chi connectivity index (χ3v) is 7.42. The molecule has 0 N–H and O–H groups in total. The number of carbonyl (C=O) groups excluding carboxylic acids is 1. The molecule has 4 rings (SSSR count). The molecule has 1 aromatic heterocycles. The predicted octanol–water partition coefficient (Wildman–Crippen LogP) is 2.03. The van der Waals surface area contributed by atoms with Crippen molar-refractivity contribution in [2.45, 2.75) is 43.7 Å². The van der Waals surface area contributed by atoms with E-state index in [4.69, 9.17) is 4.52 Å². The zero-order valence-electron chi connectivity index (χ0n) is 14.8. The zero-order valence-corrected chi connectivity index (χ0v) is 15.6. The van der Waals surface area contributed by atoms with E-state index >= 15 is 0 Å². The summed E-state index contributed by atoms with van der Waals surface area (Å²) in [6, 6.07) is 6.13. The molecule has 0 aliphatic carbocycles. The maximum Gasteiger partial charge on any atom is 0.244 e. The molecule has 3 heterocycles. The summed E-state index contributed by atoms with van der Waals surface area (Å²) in [6.45, 7) is 4.50. The Morgan fingerprint density at radius 2 is 2.08 bits per heavy atom. The van der Waals surface area contributed by atoms with Gasteiger partial charge in [-0.25, -0.2) is 8.42 Å². The van der Waals surface area contributed by atoms with Crippen molar-refractivity contribution in [3.63, 3.8) is 0 Å². The number of nitrogens with zero attached hydrogens (tertiary/aromatic N) is 3. The summed E-state index contributed by atoms with van der Waals surface area (Å²) in [5, 5.41) is 3.68. The van der Waals surface area contributed by atoms with Crippen LogP contribution in [-0.4, -0.2) is 53.9 Å². The van der Waals surface area contributed by atoms with Gasteiger partial charge in [-0.2, -0.15) is 4.31 Å². The molecule has 2 saturated heterocycles. The van der Waals surface area contributed by atoms with Crippen molar-refractivity contribution in [1.29, 1.82) is 0 Å². The first-order valence-corrected chi connectivity index (χ1v) is 10.2. The number of hydrogen-bond acceptors (Lipinski definition) is 5. The van der Waals surface area contributed by atoms with Crippen LogP contribution in [0.15, 0.2) is 39.9 Å². The van der Waals surface area contributed by atoms with E-state index in [1.54, 1.807) is 38.1 Å². The number of rotatable bonds is 3. The number of sulfonamides is 1. The molecule has 0 radical (unpaired) electrons. The zero-order chi connectivity index (χ0) is 18.5. The number of hydrogen-bond donors (Lipinski definition) is 0. The molecule has 26 heavy (non-hydrogen) atoms. The van der Waals surface area contributed by atoms with Crippen LogP contribution in [0, 0.1) is 6.92 Å². The van der Waals surface area contributed by atoms with Gasteiger partial charge in [-0.15, -0.1) is 0 Å². The van der Waals surface area contributed by atoms with E-state index in [1.807, 2.05) is 4.90 Å². The van der Waals surface area contributed by atoms with Gasteiger partial charge in [0.1, 0.15) is 6.04 Å². The SMILES string of the molecule is Cc1ccc(-c2ccno2)cc1S(=O)(=O)N1C[C@H]2CCCN2C(=O)[C@@H]1C. The Balaban J connectivity index is 1.74. The van der Waals surface area contributed by atoms with Gasteiger partial charge in [0.2, 0.25) is 15.9 Å². The van der Waals surface area contributed by atoms with Crippen LogP contribution >= 0.6 is 0 Å². The molecule has 0 unspecified atom stereocenters. The van der Waals surface area contributed by atoms with Crippen LogP contribution in [0.2, 0.25) is 0 Å². The highest BCUT2D eigenvalue weighted by Crippen LogP contribution is 2.32. The van der Waals surface area contributed by atoms with E-state index in [1.165, 1.54) is 10.5 Å². The fourth-order valence-electron chi connectivity index (χ4n) is 3.87. The predicted molar refractivity (Wildman–Crippen MR) is 94.8 cm³/mol. The van der Waals surface area contributed by atoms with Gasteiger partial charge in [0.15, 0.2) is 5.76 Å². The Kier molecular flexibility index (Phi) is 4.11. The molecule has 2 aliphatic rings. The second kappa shape index (κ2) is 6.21. The standard InChI is InChI=1S/C18H21N3O4S/c1-12-5-6-14(16-7-8-19-25-16)10-17(12)26(23,24)21-11-15-4-3-9-20(15)18(22)13(21)2/h5-8,10,13,15H,3-4,9,11H2,1-2H3/t13-,15+/m0/s1. The number of benzene rings is 1. The fourth-order valence-corrected chi connectivity index (χ4v) is 5.75. The largest absolute Gasteiger partial charge is 0.356 e. The summed E-state index contributed by atoms with van der Waals surface area (Å²) in [7, 11) is -3.80. The summed E-state index contributed by atoms with van der Waals surface area (Å²) in [5.74, 6) is 0.401. The molecule has 2 aliphatic heterocycles. The summed E-state index contributed by atoms with van der Waals surface area (Å²) < 4.78 is 33.3. The Morgan fingerprint density at radius 3 is 2.81 bits per heavy atom. The van der Waals surface area contributed by atoms with Crippen molar-refractivity contribution in [2.24, 2.45) is 0 Å². The molecule has 7 nitrogen and oxygen atoms in total. The topological polar surface area (TPSA) is 83.7 Å².